The number of anilines is 1. The van der Waals surface area contributed by atoms with Crippen molar-refractivity contribution in [2.45, 2.75) is 0 Å². The molecule has 0 radical (unpaired) electrons. The maximum atomic E-state index is 12.5. The lowest BCUT2D eigenvalue weighted by atomic mass is 10.2. The fraction of sp³-hybridized carbons (Fsp3) is 0.0870. The molecular formula is C23H20Br2N4O3. The molecule has 0 fully saturated rings. The third-order valence-electron chi connectivity index (χ3n) is 4.28. The molecule has 0 saturated carbocycles. The summed E-state index contributed by atoms with van der Waals surface area (Å²) < 4.78 is 12.4. The minimum Gasteiger partial charge on any atom is -0.496 e. The number of amides is 1. The number of hydrazone groups is 2. The molecule has 0 bridgehead atoms. The predicted molar refractivity (Wildman–Crippen MR) is 134 cm³/mol. The molecule has 0 saturated heterocycles. The fourth-order valence-electron chi connectivity index (χ4n) is 2.74. The van der Waals surface area contributed by atoms with Crippen molar-refractivity contribution in [2.75, 3.05) is 19.6 Å². The number of rotatable bonds is 8. The molecule has 0 spiro atoms. The molecule has 3 aromatic rings. The first-order chi connectivity index (χ1) is 15.5. The Morgan fingerprint density at radius 2 is 1.44 bits per heavy atom. The summed E-state index contributed by atoms with van der Waals surface area (Å²) in [6, 6.07) is 18.1. The van der Waals surface area contributed by atoms with Crippen LogP contribution in [0.25, 0.3) is 0 Å². The number of hydrogen-bond acceptors (Lipinski definition) is 6. The van der Waals surface area contributed by atoms with Crippen LogP contribution < -0.4 is 20.3 Å². The van der Waals surface area contributed by atoms with Crippen LogP contribution in [0.1, 0.15) is 21.5 Å². The number of nitrogens with zero attached hydrogens (tertiary/aromatic N) is 2. The monoisotopic (exact) mass is 558 g/mol. The standard InChI is InChI=1S/C23H20Br2N4O3/c1-31-21-8-6-18(24)10-16(21)13-26-28-20-5-3-4-15(12-20)23(30)29-27-14-17-11-19(25)7-9-22(17)32-2/h3-14,28H,1-2H3,(H,29,30). The number of carbonyl (C=O) groups excluding carboxylic acids is 1. The quantitative estimate of drug-likeness (QED) is 0.284. The van der Waals surface area contributed by atoms with Crippen molar-refractivity contribution in [1.29, 1.82) is 0 Å². The molecule has 0 aromatic heterocycles. The van der Waals surface area contributed by atoms with Crippen molar-refractivity contribution in [3.63, 3.8) is 0 Å². The van der Waals surface area contributed by atoms with Gasteiger partial charge in [0.1, 0.15) is 11.5 Å². The second-order valence-corrected chi connectivity index (χ2v) is 8.25. The van der Waals surface area contributed by atoms with Gasteiger partial charge in [-0.1, -0.05) is 37.9 Å². The summed E-state index contributed by atoms with van der Waals surface area (Å²) in [7, 11) is 3.18. The molecule has 7 nitrogen and oxygen atoms in total. The molecule has 3 aromatic carbocycles. The number of nitrogens with one attached hydrogen (secondary N) is 2. The van der Waals surface area contributed by atoms with Crippen LogP contribution in [0.15, 0.2) is 79.8 Å². The minimum atomic E-state index is -0.350. The van der Waals surface area contributed by atoms with E-state index in [0.29, 0.717) is 22.7 Å². The van der Waals surface area contributed by atoms with Gasteiger partial charge in [0.25, 0.3) is 5.91 Å². The summed E-state index contributed by atoms with van der Waals surface area (Å²) >= 11 is 6.84. The second-order valence-electron chi connectivity index (χ2n) is 6.42. The first-order valence-electron chi connectivity index (χ1n) is 9.40. The van der Waals surface area contributed by atoms with Crippen LogP contribution >= 0.6 is 31.9 Å². The molecule has 0 aliphatic carbocycles. The van der Waals surface area contributed by atoms with Crippen molar-refractivity contribution < 1.29 is 14.3 Å². The van der Waals surface area contributed by atoms with Crippen molar-refractivity contribution in [1.82, 2.24) is 5.43 Å². The SMILES string of the molecule is COc1ccc(Br)cc1C=NNC(=O)c1cccc(NN=Cc2cc(Br)ccc2OC)c1. The second kappa shape index (κ2) is 11.4. The normalized spacial score (nSPS) is 11.0. The van der Waals surface area contributed by atoms with E-state index in [4.69, 9.17) is 9.47 Å². The molecule has 0 aliphatic rings. The molecule has 1 amide bonds. The first-order valence-corrected chi connectivity index (χ1v) is 11.0. The average molecular weight is 560 g/mol. The maximum Gasteiger partial charge on any atom is 0.271 e. The van der Waals surface area contributed by atoms with Gasteiger partial charge in [-0.25, -0.2) is 5.43 Å². The topological polar surface area (TPSA) is 84.3 Å². The summed E-state index contributed by atoms with van der Waals surface area (Å²) in [5.41, 5.74) is 8.07. The minimum absolute atomic E-state index is 0.350. The van der Waals surface area contributed by atoms with Gasteiger partial charge in [-0.2, -0.15) is 10.2 Å². The zero-order valence-corrected chi connectivity index (χ0v) is 20.5. The van der Waals surface area contributed by atoms with Gasteiger partial charge in [0.15, 0.2) is 0 Å². The van der Waals surface area contributed by atoms with E-state index in [1.54, 1.807) is 38.6 Å². The molecule has 3 rings (SSSR count). The highest BCUT2D eigenvalue weighted by Gasteiger charge is 2.06. The molecule has 0 aliphatic heterocycles. The van der Waals surface area contributed by atoms with Crippen molar-refractivity contribution in [2.24, 2.45) is 10.2 Å². The summed E-state index contributed by atoms with van der Waals surface area (Å²) in [4.78, 5) is 12.5. The van der Waals surface area contributed by atoms with Crippen molar-refractivity contribution >= 4 is 55.9 Å². The van der Waals surface area contributed by atoms with E-state index < -0.39 is 0 Å². The summed E-state index contributed by atoms with van der Waals surface area (Å²) in [5.74, 6) is 1.00. The van der Waals surface area contributed by atoms with Crippen molar-refractivity contribution in [3.8, 4) is 11.5 Å². The van der Waals surface area contributed by atoms with Crippen LogP contribution in [0.2, 0.25) is 0 Å². The maximum absolute atomic E-state index is 12.5. The van der Waals surface area contributed by atoms with Gasteiger partial charge in [0, 0.05) is 25.6 Å². The Kier molecular flexibility index (Phi) is 8.41. The lowest BCUT2D eigenvalue weighted by molar-refractivity contribution is 0.0955. The zero-order chi connectivity index (χ0) is 22.9. The van der Waals surface area contributed by atoms with Gasteiger partial charge >= 0.3 is 0 Å². The van der Waals surface area contributed by atoms with Crippen LogP contribution in [0.4, 0.5) is 5.69 Å². The van der Waals surface area contributed by atoms with Gasteiger partial charge < -0.3 is 9.47 Å². The average Bonchev–Trinajstić information content (AvgIpc) is 2.79. The Morgan fingerprint density at radius 3 is 2.03 bits per heavy atom. The van der Waals surface area contributed by atoms with Crippen LogP contribution in [-0.2, 0) is 0 Å². The van der Waals surface area contributed by atoms with E-state index in [1.807, 2.05) is 42.5 Å². The largest absolute Gasteiger partial charge is 0.496 e. The highest BCUT2D eigenvalue weighted by atomic mass is 79.9. The van der Waals surface area contributed by atoms with Crippen molar-refractivity contribution in [3.05, 3.63) is 86.3 Å². The number of halogens is 2. The number of hydrogen-bond donors (Lipinski definition) is 2. The lowest BCUT2D eigenvalue weighted by Crippen LogP contribution is -2.17. The highest BCUT2D eigenvalue weighted by molar-refractivity contribution is 9.10. The van der Waals surface area contributed by atoms with E-state index in [1.165, 1.54) is 6.21 Å². The van der Waals surface area contributed by atoms with Gasteiger partial charge in [-0.05, 0) is 54.6 Å². The highest BCUT2D eigenvalue weighted by Crippen LogP contribution is 2.22. The molecule has 0 unspecified atom stereocenters. The van der Waals surface area contributed by atoms with E-state index >= 15 is 0 Å². The van der Waals surface area contributed by atoms with Gasteiger partial charge in [0.05, 0.1) is 32.3 Å². The molecule has 164 valence electrons. The summed E-state index contributed by atoms with van der Waals surface area (Å²) in [5, 5.41) is 8.27. The smallest absolute Gasteiger partial charge is 0.271 e. The summed E-state index contributed by atoms with van der Waals surface area (Å²) in [6.45, 7) is 0. The third-order valence-corrected chi connectivity index (χ3v) is 5.26. The zero-order valence-electron chi connectivity index (χ0n) is 17.3. The Balaban J connectivity index is 1.65. The van der Waals surface area contributed by atoms with Gasteiger partial charge in [-0.3, -0.25) is 10.2 Å². The first kappa shape index (κ1) is 23.5. The molecular weight excluding hydrogens is 540 g/mol. The number of ether oxygens (including phenoxy) is 2. The predicted octanol–water partition coefficient (Wildman–Crippen LogP) is 5.44. The number of methoxy groups -OCH3 is 2. The molecule has 2 N–H and O–H groups in total. The van der Waals surface area contributed by atoms with E-state index in [0.717, 1.165) is 20.1 Å². The summed E-state index contributed by atoms with van der Waals surface area (Å²) in [6.07, 6.45) is 3.17. The molecule has 0 heterocycles. The molecule has 0 atom stereocenters. The van der Waals surface area contributed by atoms with Gasteiger partial charge in [-0.15, -0.1) is 0 Å². The number of carbonyl (C=O) groups is 1. The van der Waals surface area contributed by atoms with Crippen LogP contribution in [0.5, 0.6) is 11.5 Å². The molecule has 9 heteroatoms. The lowest BCUT2D eigenvalue weighted by Gasteiger charge is -2.06. The third kappa shape index (κ3) is 6.41. The Labute approximate surface area is 202 Å². The van der Waals surface area contributed by atoms with Crippen LogP contribution in [0, 0.1) is 0 Å². The fourth-order valence-corrected chi connectivity index (χ4v) is 3.50. The van der Waals surface area contributed by atoms with E-state index in [-0.39, 0.29) is 5.91 Å². The van der Waals surface area contributed by atoms with E-state index in [9.17, 15) is 4.79 Å². The van der Waals surface area contributed by atoms with Gasteiger partial charge in [0.2, 0.25) is 0 Å². The Hall–Kier alpha value is -3.17. The Bertz CT molecular complexity index is 1170. The van der Waals surface area contributed by atoms with E-state index in [2.05, 4.69) is 52.9 Å². The van der Waals surface area contributed by atoms with Crippen LogP contribution in [0.3, 0.4) is 0 Å². The van der Waals surface area contributed by atoms with Crippen LogP contribution in [-0.4, -0.2) is 32.6 Å². The number of benzene rings is 3. The molecule has 32 heavy (non-hydrogen) atoms. The Morgan fingerprint density at radius 1 is 0.844 bits per heavy atom.